The Morgan fingerprint density at radius 1 is 1.16 bits per heavy atom. The van der Waals surface area contributed by atoms with Crippen LogP contribution in [0.1, 0.15) is 39.5 Å². The van der Waals surface area contributed by atoms with Crippen LogP contribution in [0.3, 0.4) is 0 Å². The monoisotopic (exact) mass is 263 g/mol. The van der Waals surface area contributed by atoms with E-state index in [1.807, 2.05) is 31.2 Å². The zero-order valence-electron chi connectivity index (χ0n) is 12.0. The number of ether oxygens (including phenoxy) is 2. The van der Waals surface area contributed by atoms with Gasteiger partial charge in [0.15, 0.2) is 11.5 Å². The minimum Gasteiger partial charge on any atom is -0.490 e. The Bertz CT molecular complexity index is 394. The van der Waals surface area contributed by atoms with Crippen LogP contribution in [0.5, 0.6) is 11.5 Å². The Labute approximate surface area is 116 Å². The quantitative estimate of drug-likeness (QED) is 0.885. The molecule has 1 aliphatic rings. The van der Waals surface area contributed by atoms with E-state index >= 15 is 0 Å². The normalized spacial score (nSPS) is 27.0. The largest absolute Gasteiger partial charge is 0.490 e. The first-order valence-electron chi connectivity index (χ1n) is 7.38. The molecule has 3 unspecified atom stereocenters. The molecule has 0 radical (unpaired) electrons. The van der Waals surface area contributed by atoms with Crippen LogP contribution < -0.4 is 15.2 Å². The molecule has 0 saturated heterocycles. The average molecular weight is 263 g/mol. The summed E-state index contributed by atoms with van der Waals surface area (Å²) in [6.45, 7) is 4.87. The van der Waals surface area contributed by atoms with Crippen molar-refractivity contribution in [2.45, 2.75) is 51.7 Å². The van der Waals surface area contributed by atoms with Crippen molar-refractivity contribution < 1.29 is 9.47 Å². The van der Waals surface area contributed by atoms with Gasteiger partial charge in [-0.25, -0.2) is 0 Å². The predicted octanol–water partition coefficient (Wildman–Crippen LogP) is 3.37. The van der Waals surface area contributed by atoms with Gasteiger partial charge in [-0.05, 0) is 44.2 Å². The third kappa shape index (κ3) is 3.63. The molecule has 1 aromatic rings. The molecule has 0 amide bonds. The highest BCUT2D eigenvalue weighted by Gasteiger charge is 2.29. The highest BCUT2D eigenvalue weighted by molar-refractivity contribution is 5.39. The second-order valence-corrected chi connectivity index (χ2v) is 5.29. The number of nitrogens with two attached hydrogens (primary N) is 1. The Balaban J connectivity index is 2.06. The van der Waals surface area contributed by atoms with Gasteiger partial charge in [-0.3, -0.25) is 0 Å². The summed E-state index contributed by atoms with van der Waals surface area (Å²) >= 11 is 0. The fraction of sp³-hybridized carbons (Fsp3) is 0.625. The van der Waals surface area contributed by atoms with Crippen molar-refractivity contribution in [3.63, 3.8) is 0 Å². The molecule has 1 aliphatic carbocycles. The summed E-state index contributed by atoms with van der Waals surface area (Å²) in [5.41, 5.74) is 6.20. The molecule has 0 spiro atoms. The summed E-state index contributed by atoms with van der Waals surface area (Å²) in [5, 5.41) is 0. The van der Waals surface area contributed by atoms with Crippen molar-refractivity contribution in [2.24, 2.45) is 11.7 Å². The smallest absolute Gasteiger partial charge is 0.161 e. The summed E-state index contributed by atoms with van der Waals surface area (Å²) < 4.78 is 11.7. The summed E-state index contributed by atoms with van der Waals surface area (Å²) in [6, 6.07) is 7.99. The van der Waals surface area contributed by atoms with Crippen LogP contribution in [0.25, 0.3) is 0 Å². The molecule has 19 heavy (non-hydrogen) atoms. The van der Waals surface area contributed by atoms with Gasteiger partial charge in [0.25, 0.3) is 0 Å². The highest BCUT2D eigenvalue weighted by Crippen LogP contribution is 2.33. The van der Waals surface area contributed by atoms with E-state index in [1.165, 1.54) is 12.8 Å². The number of hydrogen-bond acceptors (Lipinski definition) is 3. The molecular weight excluding hydrogens is 238 g/mol. The second-order valence-electron chi connectivity index (χ2n) is 5.29. The van der Waals surface area contributed by atoms with Gasteiger partial charge in [-0.2, -0.15) is 0 Å². The molecule has 3 nitrogen and oxygen atoms in total. The Morgan fingerprint density at radius 3 is 2.58 bits per heavy atom. The van der Waals surface area contributed by atoms with Gasteiger partial charge in [-0.1, -0.05) is 25.5 Å². The van der Waals surface area contributed by atoms with Crippen molar-refractivity contribution >= 4 is 0 Å². The van der Waals surface area contributed by atoms with Gasteiger partial charge in [0.05, 0.1) is 6.61 Å². The molecule has 3 heteroatoms. The number of benzene rings is 1. The molecule has 2 rings (SSSR count). The summed E-state index contributed by atoms with van der Waals surface area (Å²) in [4.78, 5) is 0. The molecule has 2 N–H and O–H groups in total. The third-order valence-corrected chi connectivity index (χ3v) is 3.96. The molecule has 1 saturated carbocycles. The van der Waals surface area contributed by atoms with Crippen molar-refractivity contribution in [1.29, 1.82) is 0 Å². The zero-order chi connectivity index (χ0) is 13.7. The SMILES string of the molecule is CCOc1ccccc1OC1CC(CC)CCC1N. The molecule has 0 aromatic heterocycles. The number of hydrogen-bond donors (Lipinski definition) is 1. The average Bonchev–Trinajstić information content (AvgIpc) is 2.43. The van der Waals surface area contributed by atoms with Crippen LogP contribution in [0.15, 0.2) is 24.3 Å². The van der Waals surface area contributed by atoms with Gasteiger partial charge >= 0.3 is 0 Å². The van der Waals surface area contributed by atoms with Crippen LogP contribution in [0.4, 0.5) is 0 Å². The van der Waals surface area contributed by atoms with Gasteiger partial charge in [0.1, 0.15) is 6.10 Å². The summed E-state index contributed by atoms with van der Waals surface area (Å²) in [5.74, 6) is 2.38. The lowest BCUT2D eigenvalue weighted by atomic mass is 9.83. The fourth-order valence-corrected chi connectivity index (χ4v) is 2.73. The molecule has 0 aliphatic heterocycles. The minimum atomic E-state index is 0.111. The lowest BCUT2D eigenvalue weighted by molar-refractivity contribution is 0.0972. The van der Waals surface area contributed by atoms with Gasteiger partial charge in [0, 0.05) is 6.04 Å². The zero-order valence-corrected chi connectivity index (χ0v) is 12.0. The predicted molar refractivity (Wildman–Crippen MR) is 77.6 cm³/mol. The molecule has 3 atom stereocenters. The van der Waals surface area contributed by atoms with E-state index in [0.29, 0.717) is 6.61 Å². The first-order valence-corrected chi connectivity index (χ1v) is 7.38. The van der Waals surface area contributed by atoms with Gasteiger partial charge < -0.3 is 15.2 Å². The Kier molecular flexibility index (Phi) is 5.08. The van der Waals surface area contributed by atoms with Crippen molar-refractivity contribution in [2.75, 3.05) is 6.61 Å². The second kappa shape index (κ2) is 6.80. The van der Waals surface area contributed by atoms with Crippen LogP contribution in [-0.2, 0) is 0 Å². The van der Waals surface area contributed by atoms with E-state index in [-0.39, 0.29) is 12.1 Å². The summed E-state index contributed by atoms with van der Waals surface area (Å²) in [7, 11) is 0. The fourth-order valence-electron chi connectivity index (χ4n) is 2.73. The minimum absolute atomic E-state index is 0.111. The van der Waals surface area contributed by atoms with E-state index in [4.69, 9.17) is 15.2 Å². The lowest BCUT2D eigenvalue weighted by Crippen LogP contribution is -2.43. The molecule has 0 bridgehead atoms. The molecular formula is C16H25NO2. The van der Waals surface area contributed by atoms with E-state index in [1.54, 1.807) is 0 Å². The van der Waals surface area contributed by atoms with Crippen molar-refractivity contribution in [3.05, 3.63) is 24.3 Å². The van der Waals surface area contributed by atoms with E-state index in [0.717, 1.165) is 30.3 Å². The van der Waals surface area contributed by atoms with Crippen molar-refractivity contribution in [3.8, 4) is 11.5 Å². The Morgan fingerprint density at radius 2 is 1.89 bits per heavy atom. The lowest BCUT2D eigenvalue weighted by Gasteiger charge is -2.34. The van der Waals surface area contributed by atoms with Crippen LogP contribution >= 0.6 is 0 Å². The first kappa shape index (κ1) is 14.2. The third-order valence-electron chi connectivity index (χ3n) is 3.96. The van der Waals surface area contributed by atoms with Crippen LogP contribution in [0, 0.1) is 5.92 Å². The number of para-hydroxylation sites is 2. The maximum absolute atomic E-state index is 6.20. The molecule has 106 valence electrons. The Hall–Kier alpha value is -1.22. The molecule has 1 aromatic carbocycles. The maximum Gasteiger partial charge on any atom is 0.161 e. The standard InChI is InChI=1S/C16H25NO2/c1-3-12-9-10-13(17)16(11-12)19-15-8-6-5-7-14(15)18-4-2/h5-8,12-13,16H,3-4,9-11,17H2,1-2H3. The number of rotatable bonds is 5. The topological polar surface area (TPSA) is 44.5 Å². The van der Waals surface area contributed by atoms with Gasteiger partial charge in [0.2, 0.25) is 0 Å². The first-order chi connectivity index (χ1) is 9.24. The maximum atomic E-state index is 6.20. The van der Waals surface area contributed by atoms with Crippen LogP contribution in [0.2, 0.25) is 0 Å². The highest BCUT2D eigenvalue weighted by atomic mass is 16.5. The van der Waals surface area contributed by atoms with Crippen LogP contribution in [-0.4, -0.2) is 18.8 Å². The van der Waals surface area contributed by atoms with E-state index in [2.05, 4.69) is 6.92 Å². The molecule has 0 heterocycles. The molecule has 1 fully saturated rings. The van der Waals surface area contributed by atoms with E-state index in [9.17, 15) is 0 Å². The van der Waals surface area contributed by atoms with E-state index < -0.39 is 0 Å². The van der Waals surface area contributed by atoms with Crippen molar-refractivity contribution in [1.82, 2.24) is 0 Å². The summed E-state index contributed by atoms with van der Waals surface area (Å²) in [6.07, 6.45) is 4.66. The van der Waals surface area contributed by atoms with Gasteiger partial charge in [-0.15, -0.1) is 0 Å².